The van der Waals surface area contributed by atoms with Crippen LogP contribution < -0.4 is 9.05 Å². The summed E-state index contributed by atoms with van der Waals surface area (Å²) in [5, 5.41) is 0. The first-order valence-corrected chi connectivity index (χ1v) is 9.19. The predicted molar refractivity (Wildman–Crippen MR) is 105 cm³/mol. The van der Waals surface area contributed by atoms with Crippen molar-refractivity contribution < 1.29 is 13.6 Å². The standard InChI is InChI=1S/C20H26O3P.K/c1-19(2,3)15-7-11-17(12-8-15)22-24(21)23-18-13-9-16(10-14-18)20(4,5)6;/h7-14H,1-6H3;/q+1;. The Kier molecular flexibility index (Phi) is 8.32. The van der Waals surface area contributed by atoms with Crippen LogP contribution >= 0.6 is 8.25 Å². The molecular weight excluding hydrogens is 358 g/mol. The smallest absolute Gasteiger partial charge is 0.222 e. The van der Waals surface area contributed by atoms with Gasteiger partial charge < -0.3 is 0 Å². The van der Waals surface area contributed by atoms with Gasteiger partial charge in [0.1, 0.15) is 0 Å². The molecule has 2 rings (SSSR count). The van der Waals surface area contributed by atoms with Crippen LogP contribution in [0.15, 0.2) is 48.5 Å². The molecular formula is C20H26KO3P+. The van der Waals surface area contributed by atoms with E-state index in [2.05, 4.69) is 41.5 Å². The average Bonchev–Trinajstić information content (AvgIpc) is 2.46. The minimum Gasteiger partial charge on any atom is -0.222 e. The van der Waals surface area contributed by atoms with Gasteiger partial charge in [0, 0.05) is 55.9 Å². The number of benzene rings is 2. The normalized spacial score (nSPS) is 11.4. The summed E-state index contributed by atoms with van der Waals surface area (Å²) in [5.74, 6) is 1.07. The minimum absolute atomic E-state index is 0. The first kappa shape index (κ1) is 22.8. The van der Waals surface area contributed by atoms with Crippen LogP contribution in [0.25, 0.3) is 0 Å². The fourth-order valence-corrected chi connectivity index (χ4v) is 2.85. The van der Waals surface area contributed by atoms with Crippen LogP contribution in [0.1, 0.15) is 52.7 Å². The Bertz CT molecular complexity index is 634. The average molecular weight is 384 g/mol. The van der Waals surface area contributed by atoms with Crippen molar-refractivity contribution >= 4 is 59.6 Å². The van der Waals surface area contributed by atoms with Crippen molar-refractivity contribution in [2.45, 2.75) is 52.4 Å². The van der Waals surface area contributed by atoms with Gasteiger partial charge in [-0.15, -0.1) is 0 Å². The van der Waals surface area contributed by atoms with E-state index in [4.69, 9.17) is 9.05 Å². The van der Waals surface area contributed by atoms with E-state index >= 15 is 0 Å². The molecule has 0 fully saturated rings. The monoisotopic (exact) mass is 384 g/mol. The molecule has 3 nitrogen and oxygen atoms in total. The summed E-state index contributed by atoms with van der Waals surface area (Å²) in [5.41, 5.74) is 2.55. The molecule has 0 saturated heterocycles. The van der Waals surface area contributed by atoms with Crippen molar-refractivity contribution in [1.82, 2.24) is 0 Å². The molecule has 2 aromatic rings. The van der Waals surface area contributed by atoms with Crippen molar-refractivity contribution in [3.63, 3.8) is 0 Å². The second kappa shape index (κ2) is 9.12. The van der Waals surface area contributed by atoms with E-state index in [1.807, 2.05) is 48.5 Å². The molecule has 0 N–H and O–H groups in total. The van der Waals surface area contributed by atoms with E-state index in [9.17, 15) is 4.57 Å². The van der Waals surface area contributed by atoms with Gasteiger partial charge in [0.15, 0.2) is 11.5 Å². The van der Waals surface area contributed by atoms with Gasteiger partial charge in [0.25, 0.3) is 0 Å². The van der Waals surface area contributed by atoms with Crippen LogP contribution in [0.2, 0.25) is 0 Å². The zero-order valence-electron chi connectivity index (χ0n) is 16.3. The van der Waals surface area contributed by atoms with Crippen LogP contribution in [0.5, 0.6) is 11.5 Å². The molecule has 0 amide bonds. The quantitative estimate of drug-likeness (QED) is 0.478. The van der Waals surface area contributed by atoms with E-state index < -0.39 is 8.25 Å². The minimum atomic E-state index is -2.26. The van der Waals surface area contributed by atoms with Crippen molar-refractivity contribution in [2.24, 2.45) is 0 Å². The molecule has 0 spiro atoms. The second-order valence-corrected chi connectivity index (χ2v) is 8.77. The van der Waals surface area contributed by atoms with Gasteiger partial charge in [-0.05, 0) is 46.2 Å². The summed E-state index contributed by atoms with van der Waals surface area (Å²) in [4.78, 5) is 0. The molecule has 0 bridgehead atoms. The van der Waals surface area contributed by atoms with Crippen LogP contribution in [-0.2, 0) is 15.4 Å². The third-order valence-electron chi connectivity index (χ3n) is 3.80. The molecule has 0 aliphatic carbocycles. The number of hydrogen-bond donors (Lipinski definition) is 0. The van der Waals surface area contributed by atoms with Gasteiger partial charge in [0.2, 0.25) is 0 Å². The van der Waals surface area contributed by atoms with Gasteiger partial charge in [-0.25, -0.2) is 9.05 Å². The second-order valence-electron chi connectivity index (χ2n) is 7.95. The zero-order valence-corrected chi connectivity index (χ0v) is 20.3. The molecule has 0 aliphatic heterocycles. The Labute approximate surface area is 194 Å². The van der Waals surface area contributed by atoms with Crippen LogP contribution in [0.3, 0.4) is 0 Å². The summed E-state index contributed by atoms with van der Waals surface area (Å²) in [6.45, 7) is 12.9. The van der Waals surface area contributed by atoms with Gasteiger partial charge in [-0.2, -0.15) is 0 Å². The molecule has 0 aromatic heterocycles. The first-order chi connectivity index (χ1) is 11.1. The Morgan fingerprint density at radius 2 is 0.920 bits per heavy atom. The summed E-state index contributed by atoms with van der Waals surface area (Å²) in [6, 6.07) is 15.2. The van der Waals surface area contributed by atoms with Crippen LogP contribution in [0.4, 0.5) is 0 Å². The molecule has 25 heavy (non-hydrogen) atoms. The van der Waals surface area contributed by atoms with Crippen LogP contribution in [0, 0.1) is 0 Å². The Hall–Kier alpha value is -0.224. The molecule has 1 radical (unpaired) electrons. The third-order valence-corrected chi connectivity index (χ3v) is 4.52. The largest absolute Gasteiger partial charge is 0.805 e. The molecule has 0 aliphatic rings. The Morgan fingerprint density at radius 1 is 0.640 bits per heavy atom. The summed E-state index contributed by atoms with van der Waals surface area (Å²) < 4.78 is 22.8. The van der Waals surface area contributed by atoms with E-state index in [1.165, 1.54) is 11.1 Å². The van der Waals surface area contributed by atoms with Gasteiger partial charge in [-0.1, -0.05) is 65.8 Å². The molecule has 0 atom stereocenters. The summed E-state index contributed by atoms with van der Waals surface area (Å²) >= 11 is 0. The fourth-order valence-electron chi connectivity index (χ4n) is 2.22. The first-order valence-electron chi connectivity index (χ1n) is 8.10. The van der Waals surface area contributed by atoms with Crippen molar-refractivity contribution in [3.05, 3.63) is 59.7 Å². The van der Waals surface area contributed by atoms with Crippen LogP contribution in [-0.4, -0.2) is 51.4 Å². The Morgan fingerprint density at radius 3 is 1.16 bits per heavy atom. The predicted octanol–water partition coefficient (Wildman–Crippen LogP) is 6.02. The van der Waals surface area contributed by atoms with E-state index in [0.717, 1.165) is 0 Å². The molecule has 0 saturated carbocycles. The zero-order chi connectivity index (χ0) is 18.0. The number of hydrogen-bond acceptors (Lipinski definition) is 3. The maximum Gasteiger partial charge on any atom is 0.805 e. The fraction of sp³-hybridized carbons (Fsp3) is 0.400. The van der Waals surface area contributed by atoms with Crippen molar-refractivity contribution in [2.75, 3.05) is 0 Å². The van der Waals surface area contributed by atoms with E-state index in [0.29, 0.717) is 11.5 Å². The topological polar surface area (TPSA) is 35.5 Å². The maximum atomic E-state index is 12.0. The maximum absolute atomic E-state index is 12.0. The molecule has 129 valence electrons. The molecule has 2 aromatic carbocycles. The molecule has 0 heterocycles. The number of rotatable bonds is 4. The molecule has 0 unspecified atom stereocenters. The Balaban J connectivity index is 0.00000312. The summed E-state index contributed by atoms with van der Waals surface area (Å²) in [6.07, 6.45) is 0. The summed E-state index contributed by atoms with van der Waals surface area (Å²) in [7, 11) is -2.26. The van der Waals surface area contributed by atoms with Gasteiger partial charge >= 0.3 is 8.25 Å². The van der Waals surface area contributed by atoms with Gasteiger partial charge in [-0.3, -0.25) is 0 Å². The van der Waals surface area contributed by atoms with E-state index in [1.54, 1.807) is 0 Å². The van der Waals surface area contributed by atoms with E-state index in [-0.39, 0.29) is 62.2 Å². The van der Waals surface area contributed by atoms with Crippen molar-refractivity contribution in [1.29, 1.82) is 0 Å². The molecule has 5 heteroatoms. The third kappa shape index (κ3) is 7.13. The van der Waals surface area contributed by atoms with Crippen molar-refractivity contribution in [3.8, 4) is 11.5 Å². The SMILES string of the molecule is CC(C)(C)c1ccc(O[P+](=O)Oc2ccc(C(C)(C)C)cc2)cc1.[K]. The van der Waals surface area contributed by atoms with Gasteiger partial charge in [0.05, 0.1) is 0 Å².